The summed E-state index contributed by atoms with van der Waals surface area (Å²) in [5.41, 5.74) is -0.188. The molecule has 5 nitrogen and oxygen atoms in total. The molecule has 1 N–H and O–H groups in total. The van der Waals surface area contributed by atoms with Crippen molar-refractivity contribution in [3.05, 3.63) is 35.4 Å². The van der Waals surface area contributed by atoms with Crippen LogP contribution in [0.1, 0.15) is 130 Å². The van der Waals surface area contributed by atoms with E-state index in [1.54, 1.807) is 0 Å². The van der Waals surface area contributed by atoms with Gasteiger partial charge in [-0.25, -0.2) is 4.79 Å². The molecule has 0 bridgehead atoms. The minimum atomic E-state index is -1.38. The Morgan fingerprint density at radius 1 is 0.706 bits per heavy atom. The van der Waals surface area contributed by atoms with Crippen LogP contribution in [0.15, 0.2) is 24.3 Å². The molecule has 0 saturated carbocycles. The van der Waals surface area contributed by atoms with Gasteiger partial charge in [-0.3, -0.25) is 0 Å². The zero-order valence-corrected chi connectivity index (χ0v) is 22.4. The predicted octanol–water partition coefficient (Wildman–Crippen LogP) is 6.70. The van der Waals surface area contributed by atoms with Crippen LogP contribution in [0.4, 0.5) is 0 Å². The first-order chi connectivity index (χ1) is 16.2. The second kappa shape index (κ2) is 20.5. The number of carboxylic acids is 2. The number of nitrogens with zero attached hydrogens (tertiary/aromatic N) is 1. The van der Waals surface area contributed by atoms with E-state index >= 15 is 0 Å². The van der Waals surface area contributed by atoms with Gasteiger partial charge in [-0.05, 0) is 30.5 Å². The SMILES string of the molecule is CCCCCCCCCCCCCCCCCC[N+](C)(C)C.O=C([O-])c1cccc(C(=O)O)c1. The molecule has 1 aromatic rings. The average Bonchev–Trinajstić information content (AvgIpc) is 2.78. The number of quaternary nitrogens is 1. The summed E-state index contributed by atoms with van der Waals surface area (Å²) in [4.78, 5) is 20.6. The first-order valence-corrected chi connectivity index (χ1v) is 13.5. The highest BCUT2D eigenvalue weighted by Gasteiger charge is 2.05. The van der Waals surface area contributed by atoms with Crippen LogP contribution in [-0.2, 0) is 0 Å². The van der Waals surface area contributed by atoms with Crippen molar-refractivity contribution >= 4 is 11.9 Å². The summed E-state index contributed by atoms with van der Waals surface area (Å²) in [6.45, 7) is 3.63. The second-order valence-corrected chi connectivity index (χ2v) is 10.5. The van der Waals surface area contributed by atoms with Gasteiger partial charge in [-0.1, -0.05) is 109 Å². The molecule has 0 unspecified atom stereocenters. The van der Waals surface area contributed by atoms with Crippen molar-refractivity contribution in [3.8, 4) is 0 Å². The fourth-order valence-corrected chi connectivity index (χ4v) is 3.91. The lowest BCUT2D eigenvalue weighted by atomic mass is 10.0. The fourth-order valence-electron chi connectivity index (χ4n) is 3.91. The third-order valence-electron chi connectivity index (χ3n) is 6.03. The molecule has 0 heterocycles. The smallest absolute Gasteiger partial charge is 0.335 e. The van der Waals surface area contributed by atoms with Crippen molar-refractivity contribution < 1.29 is 24.3 Å². The summed E-state index contributed by atoms with van der Waals surface area (Å²) in [6, 6.07) is 5.00. The normalized spacial score (nSPS) is 11.1. The van der Waals surface area contributed by atoms with E-state index in [9.17, 15) is 14.7 Å². The van der Waals surface area contributed by atoms with Crippen molar-refractivity contribution in [2.24, 2.45) is 0 Å². The standard InChI is InChI=1S/C21H46N.C8H6O4/c1-5-6-7-8-9-10-11-12-13-14-15-16-17-18-19-20-21-22(2,3)4;9-7(10)5-2-1-3-6(4-5)8(11)12/h5-21H2,1-4H3;1-4H,(H,9,10)(H,11,12)/q+1;/p-1. The number of hydrogen-bond donors (Lipinski definition) is 1. The first-order valence-electron chi connectivity index (χ1n) is 13.5. The predicted molar refractivity (Wildman–Crippen MR) is 140 cm³/mol. The third kappa shape index (κ3) is 20.7. The van der Waals surface area contributed by atoms with Gasteiger partial charge in [0.2, 0.25) is 0 Å². The van der Waals surface area contributed by atoms with Gasteiger partial charge in [0, 0.05) is 0 Å². The number of rotatable bonds is 19. The Labute approximate surface area is 209 Å². The molecule has 0 aliphatic carbocycles. The van der Waals surface area contributed by atoms with E-state index in [2.05, 4.69) is 28.1 Å². The Kier molecular flexibility index (Phi) is 19.4. The van der Waals surface area contributed by atoms with Gasteiger partial charge in [0.1, 0.15) is 0 Å². The number of aromatic carboxylic acids is 2. The number of carboxylic acid groups (broad SMARTS) is 2. The highest BCUT2D eigenvalue weighted by atomic mass is 16.4. The maximum Gasteiger partial charge on any atom is 0.335 e. The van der Waals surface area contributed by atoms with Gasteiger partial charge in [-0.2, -0.15) is 0 Å². The molecule has 0 amide bonds. The summed E-state index contributed by atoms with van der Waals surface area (Å²) in [7, 11) is 6.89. The van der Waals surface area contributed by atoms with Crippen molar-refractivity contribution in [2.75, 3.05) is 27.7 Å². The third-order valence-corrected chi connectivity index (χ3v) is 6.03. The van der Waals surface area contributed by atoms with Gasteiger partial charge >= 0.3 is 5.97 Å². The number of carbonyl (C=O) groups excluding carboxylic acids is 1. The number of benzene rings is 1. The van der Waals surface area contributed by atoms with Crippen LogP contribution in [0.5, 0.6) is 0 Å². The molecule has 0 fully saturated rings. The maximum atomic E-state index is 10.4. The zero-order chi connectivity index (χ0) is 25.7. The number of carbonyl (C=O) groups is 2. The van der Waals surface area contributed by atoms with Crippen molar-refractivity contribution in [1.29, 1.82) is 0 Å². The molecule has 0 spiro atoms. The quantitative estimate of drug-likeness (QED) is 0.178. The van der Waals surface area contributed by atoms with Crippen LogP contribution in [0.3, 0.4) is 0 Å². The second-order valence-electron chi connectivity index (χ2n) is 10.5. The molecule has 0 aromatic heterocycles. The Morgan fingerprint density at radius 2 is 1.09 bits per heavy atom. The molecule has 0 saturated heterocycles. The lowest BCUT2D eigenvalue weighted by molar-refractivity contribution is -0.870. The lowest BCUT2D eigenvalue weighted by Gasteiger charge is -2.23. The van der Waals surface area contributed by atoms with Crippen LogP contribution in [0.2, 0.25) is 0 Å². The van der Waals surface area contributed by atoms with Gasteiger partial charge in [-0.15, -0.1) is 0 Å². The van der Waals surface area contributed by atoms with Gasteiger partial charge in [0.05, 0.1) is 39.2 Å². The van der Waals surface area contributed by atoms with Gasteiger partial charge < -0.3 is 19.5 Å². The van der Waals surface area contributed by atoms with Crippen LogP contribution >= 0.6 is 0 Å². The highest BCUT2D eigenvalue weighted by Crippen LogP contribution is 2.14. The molecule has 0 radical (unpaired) electrons. The topological polar surface area (TPSA) is 77.4 Å². The Hall–Kier alpha value is -1.88. The van der Waals surface area contributed by atoms with Crippen molar-refractivity contribution in [2.45, 2.75) is 110 Å². The summed E-state index contributed by atoms with van der Waals surface area (Å²) in [6.07, 6.45) is 23.4. The van der Waals surface area contributed by atoms with Gasteiger partial charge in [0.15, 0.2) is 0 Å². The van der Waals surface area contributed by atoms with Crippen LogP contribution < -0.4 is 5.11 Å². The fraction of sp³-hybridized carbons (Fsp3) is 0.724. The monoisotopic (exact) mass is 477 g/mol. The van der Waals surface area contributed by atoms with E-state index < -0.39 is 11.9 Å². The first kappa shape index (κ1) is 32.1. The molecular weight excluding hydrogens is 426 g/mol. The Bertz CT molecular complexity index is 623. The van der Waals surface area contributed by atoms with E-state index in [4.69, 9.17) is 5.11 Å². The molecule has 1 aromatic carbocycles. The Balaban J connectivity index is 0.000000757. The average molecular weight is 478 g/mol. The van der Waals surface area contributed by atoms with E-state index in [0.29, 0.717) is 0 Å². The van der Waals surface area contributed by atoms with E-state index in [1.165, 1.54) is 127 Å². The summed E-state index contributed by atoms with van der Waals surface area (Å²) in [5.74, 6) is -2.53. The molecule has 1 rings (SSSR count). The van der Waals surface area contributed by atoms with Crippen LogP contribution in [0.25, 0.3) is 0 Å². The van der Waals surface area contributed by atoms with Crippen molar-refractivity contribution in [1.82, 2.24) is 0 Å². The minimum Gasteiger partial charge on any atom is -0.545 e. The molecule has 34 heavy (non-hydrogen) atoms. The zero-order valence-electron chi connectivity index (χ0n) is 22.4. The Morgan fingerprint density at radius 3 is 1.44 bits per heavy atom. The van der Waals surface area contributed by atoms with Gasteiger partial charge in [0.25, 0.3) is 0 Å². The number of unbranched alkanes of at least 4 members (excludes halogenated alkanes) is 15. The summed E-state index contributed by atoms with van der Waals surface area (Å²) in [5, 5.41) is 18.7. The molecule has 5 heteroatoms. The maximum absolute atomic E-state index is 10.4. The molecule has 0 atom stereocenters. The van der Waals surface area contributed by atoms with Crippen LogP contribution in [0, 0.1) is 0 Å². The van der Waals surface area contributed by atoms with E-state index in [-0.39, 0.29) is 11.1 Å². The van der Waals surface area contributed by atoms with E-state index in [0.717, 1.165) is 10.5 Å². The van der Waals surface area contributed by atoms with E-state index in [1.807, 2.05) is 0 Å². The van der Waals surface area contributed by atoms with Crippen LogP contribution in [-0.4, -0.2) is 49.2 Å². The highest BCUT2D eigenvalue weighted by molar-refractivity contribution is 5.92. The lowest BCUT2D eigenvalue weighted by Crippen LogP contribution is -2.35. The summed E-state index contributed by atoms with van der Waals surface area (Å²) < 4.78 is 1.12. The largest absolute Gasteiger partial charge is 0.545 e. The van der Waals surface area contributed by atoms with Crippen molar-refractivity contribution in [3.63, 3.8) is 0 Å². The molecule has 0 aliphatic rings. The number of hydrogen-bond acceptors (Lipinski definition) is 3. The molecular formula is C29H51NO4. The molecule has 196 valence electrons. The minimum absolute atomic E-state index is 0.0586. The summed E-state index contributed by atoms with van der Waals surface area (Å²) >= 11 is 0. The molecule has 0 aliphatic heterocycles.